The third kappa shape index (κ3) is 4.26. The number of sulfonamides is 1. The number of rotatable bonds is 7. The minimum absolute atomic E-state index is 0.0475. The third-order valence-corrected chi connectivity index (χ3v) is 7.09. The Morgan fingerprint density at radius 2 is 1.81 bits per heavy atom. The Labute approximate surface area is 180 Å². The number of Topliss-reactive ketones (excluding diaryl/α,β-unsaturated/α-hetero) is 1. The van der Waals surface area contributed by atoms with E-state index in [1.807, 2.05) is 13.0 Å². The molecule has 31 heavy (non-hydrogen) atoms. The number of carbonyl (C=O) groups is 1. The Hall–Kier alpha value is -3.35. The molecule has 0 spiro atoms. The molecule has 3 rings (SSSR count). The van der Waals surface area contributed by atoms with E-state index in [9.17, 15) is 23.3 Å². The van der Waals surface area contributed by atoms with Gasteiger partial charge in [-0.25, -0.2) is 13.4 Å². The largest absolute Gasteiger partial charge is 0.308 e. The summed E-state index contributed by atoms with van der Waals surface area (Å²) in [5.41, 5.74) is 0.993. The minimum Gasteiger partial charge on any atom is -0.308 e. The first-order valence-corrected chi connectivity index (χ1v) is 11.2. The van der Waals surface area contributed by atoms with E-state index in [1.54, 1.807) is 32.0 Å². The van der Waals surface area contributed by atoms with E-state index < -0.39 is 27.3 Å². The molecular weight excluding hydrogens is 416 g/mol. The van der Waals surface area contributed by atoms with Crippen LogP contribution in [0.5, 0.6) is 0 Å². The summed E-state index contributed by atoms with van der Waals surface area (Å²) in [4.78, 5) is 32.3. The van der Waals surface area contributed by atoms with Gasteiger partial charge in [-0.3, -0.25) is 9.59 Å². The van der Waals surface area contributed by atoms with Crippen molar-refractivity contribution in [2.24, 2.45) is 0 Å². The van der Waals surface area contributed by atoms with Gasteiger partial charge in [0, 0.05) is 18.7 Å². The van der Waals surface area contributed by atoms with Crippen LogP contribution in [-0.2, 0) is 10.0 Å². The van der Waals surface area contributed by atoms with Gasteiger partial charge in [-0.2, -0.15) is 9.57 Å². The van der Waals surface area contributed by atoms with Gasteiger partial charge >= 0.3 is 0 Å². The summed E-state index contributed by atoms with van der Waals surface area (Å²) in [7, 11) is -3.66. The summed E-state index contributed by atoms with van der Waals surface area (Å²) >= 11 is 0. The van der Waals surface area contributed by atoms with Gasteiger partial charge < -0.3 is 4.98 Å². The van der Waals surface area contributed by atoms with Gasteiger partial charge in [0.05, 0.1) is 21.9 Å². The SMILES string of the molecule is CCN(CC)S(=O)(=O)c1ccc(C(=O)[C@@H](C#N)c2nc3ccc(C)cc3c(=O)[nH]2)cc1. The standard InChI is InChI=1S/C22H22N4O4S/c1-4-26(5-2)31(29,30)16-9-7-15(8-10-16)20(27)18(13-23)21-24-19-11-6-14(3)12-17(19)22(28)25-21/h6-12,18H,4-5H2,1-3H3,(H,24,25,28)/t18-/m1/s1. The van der Waals surface area contributed by atoms with Crippen molar-refractivity contribution in [2.75, 3.05) is 13.1 Å². The van der Waals surface area contributed by atoms with Crippen molar-refractivity contribution in [2.45, 2.75) is 31.6 Å². The molecule has 0 fully saturated rings. The second kappa shape index (κ2) is 8.79. The lowest BCUT2D eigenvalue weighted by atomic mass is 9.98. The zero-order chi connectivity index (χ0) is 22.8. The van der Waals surface area contributed by atoms with Crippen LogP contribution in [0.25, 0.3) is 10.9 Å². The number of aromatic nitrogens is 2. The van der Waals surface area contributed by atoms with Crippen LogP contribution in [0, 0.1) is 18.3 Å². The van der Waals surface area contributed by atoms with E-state index in [0.717, 1.165) is 5.56 Å². The number of nitrogens with one attached hydrogen (secondary N) is 1. The molecule has 1 aromatic heterocycles. The number of H-pyrrole nitrogens is 1. The highest BCUT2D eigenvalue weighted by atomic mass is 32.2. The number of hydrogen-bond acceptors (Lipinski definition) is 6. The Kier molecular flexibility index (Phi) is 6.34. The van der Waals surface area contributed by atoms with E-state index in [-0.39, 0.29) is 16.3 Å². The molecule has 160 valence electrons. The molecule has 0 aliphatic heterocycles. The quantitative estimate of drug-likeness (QED) is 0.566. The van der Waals surface area contributed by atoms with Gasteiger partial charge in [-0.1, -0.05) is 37.6 Å². The first-order valence-electron chi connectivity index (χ1n) is 9.77. The van der Waals surface area contributed by atoms with Gasteiger partial charge in [0.15, 0.2) is 11.7 Å². The number of aryl methyl sites for hydroxylation is 1. The first-order chi connectivity index (χ1) is 14.7. The van der Waals surface area contributed by atoms with E-state index in [4.69, 9.17) is 0 Å². The molecule has 0 amide bonds. The van der Waals surface area contributed by atoms with Crippen molar-refractivity contribution in [3.05, 3.63) is 69.8 Å². The monoisotopic (exact) mass is 438 g/mol. The number of nitriles is 1. The Morgan fingerprint density at radius 3 is 2.39 bits per heavy atom. The van der Waals surface area contributed by atoms with E-state index in [2.05, 4.69) is 9.97 Å². The molecule has 0 radical (unpaired) electrons. The molecule has 1 heterocycles. The molecule has 1 atom stereocenters. The zero-order valence-corrected chi connectivity index (χ0v) is 18.2. The molecular formula is C22H22N4O4S. The minimum atomic E-state index is -3.66. The second-order valence-electron chi connectivity index (χ2n) is 7.01. The predicted octanol–water partition coefficient (Wildman–Crippen LogP) is 2.75. The van der Waals surface area contributed by atoms with Crippen LogP contribution in [0.3, 0.4) is 0 Å². The summed E-state index contributed by atoms with van der Waals surface area (Å²) < 4.78 is 26.5. The highest BCUT2D eigenvalue weighted by Gasteiger charge is 2.26. The van der Waals surface area contributed by atoms with Crippen molar-refractivity contribution >= 4 is 26.7 Å². The fraction of sp³-hybridized carbons (Fsp3) is 0.273. The second-order valence-corrected chi connectivity index (χ2v) is 8.95. The Morgan fingerprint density at radius 1 is 1.16 bits per heavy atom. The van der Waals surface area contributed by atoms with E-state index in [0.29, 0.717) is 24.0 Å². The molecule has 0 saturated carbocycles. The van der Waals surface area contributed by atoms with Gasteiger partial charge in [0.2, 0.25) is 10.0 Å². The van der Waals surface area contributed by atoms with Gasteiger partial charge in [0.25, 0.3) is 5.56 Å². The summed E-state index contributed by atoms with van der Waals surface area (Å²) in [6.45, 7) is 6.00. The number of hydrogen-bond donors (Lipinski definition) is 1. The molecule has 0 aliphatic carbocycles. The number of nitrogens with zero attached hydrogens (tertiary/aromatic N) is 3. The molecule has 0 unspecified atom stereocenters. The maximum absolute atomic E-state index is 12.9. The lowest BCUT2D eigenvalue weighted by molar-refractivity contribution is 0.0976. The third-order valence-electron chi connectivity index (χ3n) is 5.03. The fourth-order valence-electron chi connectivity index (χ4n) is 3.32. The lowest BCUT2D eigenvalue weighted by Crippen LogP contribution is -2.30. The Balaban J connectivity index is 1.96. The number of benzene rings is 2. The molecule has 8 nitrogen and oxygen atoms in total. The van der Waals surface area contributed by atoms with Crippen LogP contribution in [0.2, 0.25) is 0 Å². The van der Waals surface area contributed by atoms with E-state index in [1.165, 1.54) is 28.6 Å². The van der Waals surface area contributed by atoms with Crippen molar-refractivity contribution < 1.29 is 13.2 Å². The lowest BCUT2D eigenvalue weighted by Gasteiger charge is -2.18. The zero-order valence-electron chi connectivity index (χ0n) is 17.4. The van der Waals surface area contributed by atoms with Gasteiger partial charge in [-0.15, -0.1) is 0 Å². The summed E-state index contributed by atoms with van der Waals surface area (Å²) in [6, 6.07) is 12.4. The molecule has 3 aromatic rings. The topological polar surface area (TPSA) is 124 Å². The Bertz CT molecular complexity index is 1330. The number of ketones is 1. The summed E-state index contributed by atoms with van der Waals surface area (Å²) in [5.74, 6) is -1.96. The smallest absolute Gasteiger partial charge is 0.258 e. The average molecular weight is 439 g/mol. The van der Waals surface area contributed by atoms with Crippen LogP contribution in [-0.4, -0.2) is 41.6 Å². The molecule has 1 N–H and O–H groups in total. The van der Waals surface area contributed by atoms with Crippen LogP contribution >= 0.6 is 0 Å². The van der Waals surface area contributed by atoms with Crippen molar-refractivity contribution in [3.8, 4) is 6.07 Å². The normalized spacial score (nSPS) is 12.6. The van der Waals surface area contributed by atoms with Gasteiger partial charge in [-0.05, 0) is 31.2 Å². The molecule has 2 aromatic carbocycles. The molecule has 0 bridgehead atoms. The number of aromatic amines is 1. The van der Waals surface area contributed by atoms with Crippen molar-refractivity contribution in [3.63, 3.8) is 0 Å². The fourth-order valence-corrected chi connectivity index (χ4v) is 4.78. The van der Waals surface area contributed by atoms with Gasteiger partial charge in [0.1, 0.15) is 5.82 Å². The summed E-state index contributed by atoms with van der Waals surface area (Å²) in [6.07, 6.45) is 0. The highest BCUT2D eigenvalue weighted by molar-refractivity contribution is 7.89. The molecule has 0 aliphatic rings. The summed E-state index contributed by atoms with van der Waals surface area (Å²) in [5, 5.41) is 9.98. The van der Waals surface area contributed by atoms with Crippen molar-refractivity contribution in [1.82, 2.24) is 14.3 Å². The van der Waals surface area contributed by atoms with Crippen LogP contribution in [0.15, 0.2) is 52.2 Å². The van der Waals surface area contributed by atoms with Crippen LogP contribution in [0.4, 0.5) is 0 Å². The molecule has 9 heteroatoms. The van der Waals surface area contributed by atoms with Crippen LogP contribution in [0.1, 0.15) is 41.5 Å². The average Bonchev–Trinajstić information content (AvgIpc) is 2.75. The van der Waals surface area contributed by atoms with Crippen LogP contribution < -0.4 is 5.56 Å². The predicted molar refractivity (Wildman–Crippen MR) is 116 cm³/mol. The highest BCUT2D eigenvalue weighted by Crippen LogP contribution is 2.21. The van der Waals surface area contributed by atoms with E-state index >= 15 is 0 Å². The number of fused-ring (bicyclic) bond motifs is 1. The first kappa shape index (κ1) is 22.3. The maximum atomic E-state index is 12.9. The van der Waals surface area contributed by atoms with Crippen molar-refractivity contribution in [1.29, 1.82) is 5.26 Å². The number of carbonyl (C=O) groups excluding carboxylic acids is 1. The maximum Gasteiger partial charge on any atom is 0.258 e. The molecule has 0 saturated heterocycles.